The average molecular weight is 475 g/mol. The molecule has 33 heavy (non-hydrogen) atoms. The lowest BCUT2D eigenvalue weighted by Crippen LogP contribution is -2.56. The van der Waals surface area contributed by atoms with Gasteiger partial charge in [-0.05, 0) is 24.1 Å². The summed E-state index contributed by atoms with van der Waals surface area (Å²) in [6.45, 7) is 6.00. The van der Waals surface area contributed by atoms with Crippen molar-refractivity contribution >= 4 is 34.8 Å². The van der Waals surface area contributed by atoms with Crippen LogP contribution in [0.3, 0.4) is 0 Å². The first-order chi connectivity index (χ1) is 15.7. The number of hydrogen-bond donors (Lipinski definition) is 1. The molecule has 1 heterocycles. The SMILES string of the molecule is COc1ccccc1N1CCN(C(=O)[C@H](NC(=O)c2ccc([N+](=O)[O-])cc2Cl)C(C)C)CC1. The Morgan fingerprint density at radius 1 is 1.12 bits per heavy atom. The van der Waals surface area contributed by atoms with Crippen LogP contribution in [0.1, 0.15) is 24.2 Å². The summed E-state index contributed by atoms with van der Waals surface area (Å²) < 4.78 is 5.44. The fourth-order valence-electron chi connectivity index (χ4n) is 3.79. The van der Waals surface area contributed by atoms with Crippen LogP contribution in [0.4, 0.5) is 11.4 Å². The monoisotopic (exact) mass is 474 g/mol. The van der Waals surface area contributed by atoms with Crippen LogP contribution >= 0.6 is 11.6 Å². The number of carbonyl (C=O) groups is 2. The first kappa shape index (κ1) is 24.3. The molecule has 1 aliphatic rings. The molecule has 1 atom stereocenters. The Hall–Kier alpha value is -3.33. The second-order valence-electron chi connectivity index (χ2n) is 8.10. The highest BCUT2D eigenvalue weighted by Crippen LogP contribution is 2.28. The number of benzene rings is 2. The maximum absolute atomic E-state index is 13.2. The Balaban J connectivity index is 1.67. The third kappa shape index (κ3) is 5.54. The van der Waals surface area contributed by atoms with Gasteiger partial charge in [-0.1, -0.05) is 37.6 Å². The Morgan fingerprint density at radius 2 is 1.79 bits per heavy atom. The summed E-state index contributed by atoms with van der Waals surface area (Å²) in [5.74, 6) is -0.0965. The minimum atomic E-state index is -0.749. The first-order valence-electron chi connectivity index (χ1n) is 10.6. The highest BCUT2D eigenvalue weighted by Gasteiger charge is 2.32. The third-order valence-corrected chi connectivity index (χ3v) is 5.96. The van der Waals surface area contributed by atoms with Gasteiger partial charge in [0.15, 0.2) is 0 Å². The van der Waals surface area contributed by atoms with Crippen molar-refractivity contribution in [1.29, 1.82) is 0 Å². The summed E-state index contributed by atoms with van der Waals surface area (Å²) in [7, 11) is 1.63. The molecule has 0 spiro atoms. The summed E-state index contributed by atoms with van der Waals surface area (Å²) in [5, 5.41) is 13.6. The molecule has 1 N–H and O–H groups in total. The van der Waals surface area contributed by atoms with E-state index in [1.54, 1.807) is 12.0 Å². The number of anilines is 1. The molecule has 10 heteroatoms. The van der Waals surface area contributed by atoms with E-state index in [2.05, 4.69) is 10.2 Å². The largest absolute Gasteiger partial charge is 0.495 e. The zero-order valence-corrected chi connectivity index (χ0v) is 19.5. The summed E-state index contributed by atoms with van der Waals surface area (Å²) in [5.41, 5.74) is 0.858. The van der Waals surface area contributed by atoms with Crippen molar-refractivity contribution in [2.45, 2.75) is 19.9 Å². The van der Waals surface area contributed by atoms with E-state index in [1.807, 2.05) is 38.1 Å². The molecule has 176 valence electrons. The Labute approximate surface area is 197 Å². The molecular weight excluding hydrogens is 448 g/mol. The minimum absolute atomic E-state index is 0.0397. The van der Waals surface area contributed by atoms with E-state index in [4.69, 9.17) is 16.3 Å². The van der Waals surface area contributed by atoms with Crippen molar-refractivity contribution in [3.05, 3.63) is 63.2 Å². The van der Waals surface area contributed by atoms with Crippen LogP contribution in [0.15, 0.2) is 42.5 Å². The Morgan fingerprint density at radius 3 is 2.36 bits per heavy atom. The summed E-state index contributed by atoms with van der Waals surface area (Å²) >= 11 is 6.08. The number of halogens is 1. The van der Waals surface area contributed by atoms with Crippen LogP contribution in [-0.4, -0.2) is 61.0 Å². The van der Waals surface area contributed by atoms with Gasteiger partial charge >= 0.3 is 0 Å². The van der Waals surface area contributed by atoms with Gasteiger partial charge in [-0.2, -0.15) is 0 Å². The summed E-state index contributed by atoms with van der Waals surface area (Å²) in [6.07, 6.45) is 0. The van der Waals surface area contributed by atoms with E-state index >= 15 is 0 Å². The molecule has 0 saturated carbocycles. The van der Waals surface area contributed by atoms with Gasteiger partial charge in [0.05, 0.1) is 28.3 Å². The van der Waals surface area contributed by atoms with E-state index in [1.165, 1.54) is 12.1 Å². The van der Waals surface area contributed by atoms with Gasteiger partial charge in [0.2, 0.25) is 5.91 Å². The number of para-hydroxylation sites is 2. The van der Waals surface area contributed by atoms with Gasteiger partial charge in [0.1, 0.15) is 11.8 Å². The number of hydrogen-bond acceptors (Lipinski definition) is 6. The number of nitrogens with zero attached hydrogens (tertiary/aromatic N) is 3. The highest BCUT2D eigenvalue weighted by molar-refractivity contribution is 6.34. The average Bonchev–Trinajstić information content (AvgIpc) is 2.81. The van der Waals surface area contributed by atoms with Gasteiger partial charge in [0.25, 0.3) is 11.6 Å². The molecule has 2 aromatic rings. The standard InChI is InChI=1S/C23H27ClN4O5/c1-15(2)21(25-22(29)17-9-8-16(28(31)32)14-18(17)24)23(30)27-12-10-26(11-13-27)19-6-4-5-7-20(19)33-3/h4-9,14-15,21H,10-13H2,1-3H3,(H,25,29)/t21-/m1/s1. The van der Waals surface area contributed by atoms with Crippen LogP contribution < -0.4 is 15.0 Å². The fourth-order valence-corrected chi connectivity index (χ4v) is 4.05. The van der Waals surface area contributed by atoms with Crippen LogP contribution in [0.5, 0.6) is 5.75 Å². The van der Waals surface area contributed by atoms with Crippen LogP contribution in [0, 0.1) is 16.0 Å². The lowest BCUT2D eigenvalue weighted by Gasteiger charge is -2.38. The first-order valence-corrected chi connectivity index (χ1v) is 11.0. The van der Waals surface area contributed by atoms with Crippen molar-refractivity contribution in [2.24, 2.45) is 5.92 Å². The maximum Gasteiger partial charge on any atom is 0.270 e. The quantitative estimate of drug-likeness (QED) is 0.487. The number of nitrogens with one attached hydrogen (secondary N) is 1. The summed E-state index contributed by atoms with van der Waals surface area (Å²) in [4.78, 5) is 40.3. The van der Waals surface area contributed by atoms with E-state index in [0.29, 0.717) is 26.2 Å². The number of ether oxygens (including phenoxy) is 1. The number of non-ortho nitro benzene ring substituents is 1. The third-order valence-electron chi connectivity index (χ3n) is 5.64. The normalized spacial score (nSPS) is 14.7. The number of carbonyl (C=O) groups excluding carboxylic acids is 2. The molecule has 0 unspecified atom stereocenters. The number of rotatable bonds is 7. The molecular formula is C23H27ClN4O5. The number of nitro groups is 1. The van der Waals surface area contributed by atoms with Gasteiger partial charge in [0, 0.05) is 38.3 Å². The molecule has 0 aliphatic carbocycles. The van der Waals surface area contributed by atoms with Crippen molar-refractivity contribution < 1.29 is 19.2 Å². The molecule has 2 amide bonds. The van der Waals surface area contributed by atoms with E-state index in [9.17, 15) is 19.7 Å². The number of piperazine rings is 1. The van der Waals surface area contributed by atoms with E-state index < -0.39 is 16.9 Å². The molecule has 0 bridgehead atoms. The fraction of sp³-hybridized carbons (Fsp3) is 0.391. The molecule has 0 radical (unpaired) electrons. The topological polar surface area (TPSA) is 105 Å². The highest BCUT2D eigenvalue weighted by atomic mass is 35.5. The van der Waals surface area contributed by atoms with Crippen LogP contribution in [-0.2, 0) is 4.79 Å². The van der Waals surface area contributed by atoms with Gasteiger partial charge < -0.3 is 19.9 Å². The van der Waals surface area contributed by atoms with Crippen molar-refractivity contribution in [1.82, 2.24) is 10.2 Å². The van der Waals surface area contributed by atoms with Crippen LogP contribution in [0.25, 0.3) is 0 Å². The van der Waals surface area contributed by atoms with E-state index in [-0.39, 0.29) is 28.1 Å². The van der Waals surface area contributed by atoms with Crippen LogP contribution in [0.2, 0.25) is 5.02 Å². The molecule has 1 fully saturated rings. The molecule has 9 nitrogen and oxygen atoms in total. The predicted octanol–water partition coefficient (Wildman–Crippen LogP) is 3.36. The maximum atomic E-state index is 13.2. The molecule has 2 aromatic carbocycles. The molecule has 0 aromatic heterocycles. The van der Waals surface area contributed by atoms with Crippen molar-refractivity contribution in [3.63, 3.8) is 0 Å². The smallest absolute Gasteiger partial charge is 0.270 e. The second kappa shape index (κ2) is 10.5. The number of methoxy groups -OCH3 is 1. The Kier molecular flexibility index (Phi) is 7.75. The second-order valence-corrected chi connectivity index (χ2v) is 8.51. The van der Waals surface area contributed by atoms with E-state index in [0.717, 1.165) is 17.5 Å². The predicted molar refractivity (Wildman–Crippen MR) is 126 cm³/mol. The minimum Gasteiger partial charge on any atom is -0.495 e. The number of amides is 2. The lowest BCUT2D eigenvalue weighted by molar-refractivity contribution is -0.384. The van der Waals surface area contributed by atoms with Crippen molar-refractivity contribution in [3.8, 4) is 5.75 Å². The van der Waals surface area contributed by atoms with Crippen molar-refractivity contribution in [2.75, 3.05) is 38.2 Å². The number of nitro benzene ring substituents is 1. The zero-order chi connectivity index (χ0) is 24.1. The van der Waals surface area contributed by atoms with Gasteiger partial charge in [-0.15, -0.1) is 0 Å². The Bertz CT molecular complexity index is 1040. The zero-order valence-electron chi connectivity index (χ0n) is 18.8. The summed E-state index contributed by atoms with van der Waals surface area (Å²) in [6, 6.07) is 10.6. The molecule has 1 aliphatic heterocycles. The lowest BCUT2D eigenvalue weighted by atomic mass is 10.0. The molecule has 3 rings (SSSR count). The molecule has 1 saturated heterocycles. The van der Waals surface area contributed by atoms with Gasteiger partial charge in [-0.25, -0.2) is 0 Å². The van der Waals surface area contributed by atoms with Gasteiger partial charge in [-0.3, -0.25) is 19.7 Å².